The van der Waals surface area contributed by atoms with Crippen LogP contribution in [0.5, 0.6) is 0 Å². The molecular formula is C24H28N6O5S. The number of non-ortho nitro benzene ring substituents is 1. The zero-order valence-corrected chi connectivity index (χ0v) is 20.9. The minimum atomic E-state index is -3.89. The number of imidazole rings is 1. The van der Waals surface area contributed by atoms with Crippen molar-refractivity contribution in [3.63, 3.8) is 0 Å². The molecule has 36 heavy (non-hydrogen) atoms. The van der Waals surface area contributed by atoms with Gasteiger partial charge in [-0.15, -0.1) is 0 Å². The first-order chi connectivity index (χ1) is 17.2. The molecule has 2 heterocycles. The molecule has 0 aliphatic heterocycles. The fraction of sp³-hybridized carbons (Fsp3) is 0.333. The van der Waals surface area contributed by atoms with Gasteiger partial charge >= 0.3 is 0 Å². The molecule has 0 radical (unpaired) electrons. The van der Waals surface area contributed by atoms with Crippen LogP contribution in [-0.2, 0) is 27.7 Å². The van der Waals surface area contributed by atoms with Crippen molar-refractivity contribution in [2.75, 3.05) is 26.0 Å². The van der Waals surface area contributed by atoms with Gasteiger partial charge in [-0.05, 0) is 31.4 Å². The fourth-order valence-electron chi connectivity index (χ4n) is 4.20. The number of pyridine rings is 1. The van der Waals surface area contributed by atoms with Crippen molar-refractivity contribution in [1.82, 2.24) is 19.3 Å². The van der Waals surface area contributed by atoms with E-state index in [2.05, 4.69) is 14.3 Å². The minimum absolute atomic E-state index is 0.0893. The molecule has 0 atom stereocenters. The maximum atomic E-state index is 12.8. The molecule has 0 aliphatic rings. The maximum Gasteiger partial charge on any atom is 0.270 e. The van der Waals surface area contributed by atoms with E-state index >= 15 is 0 Å². The van der Waals surface area contributed by atoms with Crippen LogP contribution in [0, 0.1) is 17.0 Å². The van der Waals surface area contributed by atoms with Gasteiger partial charge in [-0.3, -0.25) is 10.1 Å². The number of hydrogen-bond donors (Lipinski definition) is 2. The summed E-state index contributed by atoms with van der Waals surface area (Å²) in [5.74, 6) is 1.19. The van der Waals surface area contributed by atoms with Crippen LogP contribution < -0.4 is 10.5 Å². The highest BCUT2D eigenvalue weighted by Gasteiger charge is 2.20. The average Bonchev–Trinajstić information content (AvgIpc) is 3.21. The van der Waals surface area contributed by atoms with E-state index in [1.165, 1.54) is 12.1 Å². The first kappa shape index (κ1) is 25.5. The van der Waals surface area contributed by atoms with Gasteiger partial charge in [0.05, 0.1) is 27.5 Å². The minimum Gasteiger partial charge on any atom is -0.384 e. The van der Waals surface area contributed by atoms with Crippen LogP contribution in [0.1, 0.15) is 24.2 Å². The third-order valence-corrected chi connectivity index (χ3v) is 7.59. The highest BCUT2D eigenvalue weighted by molar-refractivity contribution is 7.89. The van der Waals surface area contributed by atoms with E-state index in [0.717, 1.165) is 28.3 Å². The molecule has 0 fully saturated rings. The van der Waals surface area contributed by atoms with Gasteiger partial charge in [0, 0.05) is 44.1 Å². The molecule has 0 unspecified atom stereocenters. The lowest BCUT2D eigenvalue weighted by Gasteiger charge is -2.12. The van der Waals surface area contributed by atoms with Crippen molar-refractivity contribution in [1.29, 1.82) is 0 Å². The molecule has 11 nitrogen and oxygen atoms in total. The number of nitrogens with two attached hydrogens (primary N) is 1. The number of ether oxygens (including phenoxy) is 1. The number of nitrogen functional groups attached to an aromatic ring is 1. The predicted molar refractivity (Wildman–Crippen MR) is 137 cm³/mol. The second-order valence-electron chi connectivity index (χ2n) is 8.45. The Labute approximate surface area is 208 Å². The quantitative estimate of drug-likeness (QED) is 0.176. The molecule has 4 aromatic rings. The summed E-state index contributed by atoms with van der Waals surface area (Å²) in [6.07, 6.45) is 1.81. The number of aromatic nitrogens is 3. The molecular weight excluding hydrogens is 484 g/mol. The Morgan fingerprint density at radius 1 is 1.17 bits per heavy atom. The number of nitro benzene ring substituents is 1. The standard InChI is InChI=1S/C24H28N6O5S/c1-16-9-10-17(30(31)32)15-20(16)36(33,34)26-12-5-6-13-29-21(11-14-35-2)28-22-23(29)18-7-3-4-8-19(18)27-24(22)25/h3-4,7-10,15,26H,5-6,11-14H2,1-2H3,(H2,25,27). The Kier molecular flexibility index (Phi) is 7.48. The number of benzene rings is 2. The molecule has 2 aromatic heterocycles. The molecule has 3 N–H and O–H groups in total. The zero-order chi connectivity index (χ0) is 25.9. The van der Waals surface area contributed by atoms with Gasteiger partial charge in [-0.1, -0.05) is 24.3 Å². The zero-order valence-electron chi connectivity index (χ0n) is 20.1. The number of para-hydroxylation sites is 1. The van der Waals surface area contributed by atoms with Gasteiger partial charge in [0.2, 0.25) is 10.0 Å². The van der Waals surface area contributed by atoms with Crippen LogP contribution in [0.25, 0.3) is 21.9 Å². The van der Waals surface area contributed by atoms with E-state index in [1.54, 1.807) is 14.0 Å². The van der Waals surface area contributed by atoms with Crippen LogP contribution in [0.3, 0.4) is 0 Å². The van der Waals surface area contributed by atoms with Crippen molar-refractivity contribution >= 4 is 43.5 Å². The first-order valence-corrected chi connectivity index (χ1v) is 13.0. The largest absolute Gasteiger partial charge is 0.384 e. The van der Waals surface area contributed by atoms with Crippen molar-refractivity contribution in [3.8, 4) is 0 Å². The van der Waals surface area contributed by atoms with Gasteiger partial charge in [0.25, 0.3) is 5.69 Å². The molecule has 0 amide bonds. The van der Waals surface area contributed by atoms with Gasteiger partial charge in [0.1, 0.15) is 11.3 Å². The van der Waals surface area contributed by atoms with Crippen molar-refractivity contribution in [2.45, 2.75) is 37.6 Å². The second kappa shape index (κ2) is 10.6. The van der Waals surface area contributed by atoms with Crippen molar-refractivity contribution < 1.29 is 18.1 Å². The summed E-state index contributed by atoms with van der Waals surface area (Å²) in [5, 5.41) is 12.0. The fourth-order valence-corrected chi connectivity index (χ4v) is 5.54. The topological polar surface area (TPSA) is 155 Å². The van der Waals surface area contributed by atoms with E-state index in [4.69, 9.17) is 15.5 Å². The Bertz CT molecular complexity index is 1530. The first-order valence-electron chi connectivity index (χ1n) is 11.5. The summed E-state index contributed by atoms with van der Waals surface area (Å²) in [6, 6.07) is 11.5. The number of sulfonamides is 1. The summed E-state index contributed by atoms with van der Waals surface area (Å²) in [7, 11) is -2.25. The van der Waals surface area contributed by atoms with Crippen LogP contribution in [-0.4, -0.2) is 48.1 Å². The summed E-state index contributed by atoms with van der Waals surface area (Å²) in [5.41, 5.74) is 8.71. The maximum absolute atomic E-state index is 12.8. The molecule has 4 rings (SSSR count). The van der Waals surface area contributed by atoms with Crippen LogP contribution >= 0.6 is 0 Å². The Balaban J connectivity index is 1.51. The molecule has 2 aromatic carbocycles. The van der Waals surface area contributed by atoms with Gasteiger partial charge in [-0.2, -0.15) is 0 Å². The molecule has 0 aliphatic carbocycles. The van der Waals surface area contributed by atoms with E-state index < -0.39 is 14.9 Å². The normalized spacial score (nSPS) is 11.9. The number of nitrogens with zero attached hydrogens (tertiary/aromatic N) is 4. The summed E-state index contributed by atoms with van der Waals surface area (Å²) >= 11 is 0. The summed E-state index contributed by atoms with van der Waals surface area (Å²) < 4.78 is 35.5. The van der Waals surface area contributed by atoms with Crippen LogP contribution in [0.2, 0.25) is 0 Å². The van der Waals surface area contributed by atoms with E-state index in [9.17, 15) is 18.5 Å². The average molecular weight is 513 g/mol. The van der Waals surface area contributed by atoms with Gasteiger partial charge < -0.3 is 15.0 Å². The van der Waals surface area contributed by atoms with Crippen molar-refractivity contribution in [3.05, 3.63) is 64.0 Å². The summed E-state index contributed by atoms with van der Waals surface area (Å²) in [4.78, 5) is 19.6. The second-order valence-corrected chi connectivity index (χ2v) is 10.2. The van der Waals surface area contributed by atoms with E-state index in [0.29, 0.717) is 49.3 Å². The van der Waals surface area contributed by atoms with Gasteiger partial charge in [-0.25, -0.2) is 23.1 Å². The van der Waals surface area contributed by atoms with E-state index in [-0.39, 0.29) is 17.1 Å². The number of nitrogens with one attached hydrogen (secondary N) is 1. The lowest BCUT2D eigenvalue weighted by atomic mass is 10.2. The monoisotopic (exact) mass is 512 g/mol. The Morgan fingerprint density at radius 2 is 1.94 bits per heavy atom. The SMILES string of the molecule is COCCc1nc2c(N)nc3ccccc3c2n1CCCCNS(=O)(=O)c1cc([N+](=O)[O-])ccc1C. The smallest absolute Gasteiger partial charge is 0.270 e. The third-order valence-electron chi connectivity index (χ3n) is 5.99. The number of fused-ring (bicyclic) bond motifs is 3. The van der Waals surface area contributed by atoms with E-state index in [1.807, 2.05) is 24.3 Å². The Hall–Kier alpha value is -3.61. The lowest BCUT2D eigenvalue weighted by molar-refractivity contribution is -0.385. The number of hydrogen-bond acceptors (Lipinski definition) is 8. The number of unbranched alkanes of at least 4 members (excludes halogenated alkanes) is 1. The van der Waals surface area contributed by atoms with Crippen LogP contribution in [0.15, 0.2) is 47.4 Å². The molecule has 0 saturated heterocycles. The molecule has 0 spiro atoms. The number of methoxy groups -OCH3 is 1. The Morgan fingerprint density at radius 3 is 2.69 bits per heavy atom. The third kappa shape index (κ3) is 5.15. The predicted octanol–water partition coefficient (Wildman–Crippen LogP) is 3.33. The number of nitro groups is 1. The van der Waals surface area contributed by atoms with Crippen molar-refractivity contribution in [2.24, 2.45) is 0 Å². The molecule has 12 heteroatoms. The van der Waals surface area contributed by atoms with Gasteiger partial charge in [0.15, 0.2) is 5.82 Å². The van der Waals surface area contributed by atoms with Crippen LogP contribution in [0.4, 0.5) is 11.5 Å². The highest BCUT2D eigenvalue weighted by Crippen LogP contribution is 2.29. The number of rotatable bonds is 11. The molecule has 0 saturated carbocycles. The molecule has 190 valence electrons. The lowest BCUT2D eigenvalue weighted by Crippen LogP contribution is -2.25. The summed E-state index contributed by atoms with van der Waals surface area (Å²) in [6.45, 7) is 2.89. The highest BCUT2D eigenvalue weighted by atomic mass is 32.2. The number of anilines is 1. The molecule has 0 bridgehead atoms. The number of aryl methyl sites for hydroxylation is 2.